The molecule has 6 heteroatoms. The van der Waals surface area contributed by atoms with Gasteiger partial charge in [0.25, 0.3) is 5.91 Å². The highest BCUT2D eigenvalue weighted by Gasteiger charge is 2.34. The Morgan fingerprint density at radius 3 is 2.71 bits per heavy atom. The molecule has 112 valence electrons. The summed E-state index contributed by atoms with van der Waals surface area (Å²) in [6.45, 7) is 5.47. The third kappa shape index (κ3) is 3.58. The van der Waals surface area contributed by atoms with Gasteiger partial charge in [0.1, 0.15) is 5.76 Å². The maximum Gasteiger partial charge on any atom is 0.281 e. The van der Waals surface area contributed by atoms with Crippen molar-refractivity contribution in [2.24, 2.45) is 10.5 Å². The number of thiophene rings is 1. The molecule has 1 aliphatic rings. The van der Waals surface area contributed by atoms with Crippen molar-refractivity contribution < 1.29 is 14.7 Å². The molecule has 21 heavy (non-hydrogen) atoms. The number of aliphatic hydroxyl groups is 1. The number of aliphatic hydroxyl groups excluding tert-OH is 1. The lowest BCUT2D eigenvalue weighted by Crippen LogP contribution is -2.29. The van der Waals surface area contributed by atoms with Gasteiger partial charge in [-0.25, -0.2) is 5.43 Å². The average molecular weight is 306 g/mol. The van der Waals surface area contributed by atoms with Gasteiger partial charge in [0, 0.05) is 12.8 Å². The van der Waals surface area contributed by atoms with E-state index in [0.29, 0.717) is 23.4 Å². The number of ketones is 1. The molecule has 2 rings (SSSR count). The molecule has 0 radical (unpaired) electrons. The zero-order valence-electron chi connectivity index (χ0n) is 12.3. The Morgan fingerprint density at radius 2 is 2.14 bits per heavy atom. The molecule has 0 spiro atoms. The first-order valence-corrected chi connectivity index (χ1v) is 7.52. The van der Waals surface area contributed by atoms with Crippen LogP contribution in [0.2, 0.25) is 0 Å². The number of carbonyl (C=O) groups is 2. The van der Waals surface area contributed by atoms with E-state index in [2.05, 4.69) is 10.5 Å². The van der Waals surface area contributed by atoms with Gasteiger partial charge in [-0.2, -0.15) is 5.10 Å². The first-order chi connectivity index (χ1) is 9.80. The van der Waals surface area contributed by atoms with Crippen LogP contribution < -0.4 is 5.43 Å². The molecular weight excluding hydrogens is 288 g/mol. The molecular formula is C15H18N2O3S. The van der Waals surface area contributed by atoms with Crippen molar-refractivity contribution in [3.05, 3.63) is 33.7 Å². The van der Waals surface area contributed by atoms with Crippen LogP contribution in [0.4, 0.5) is 0 Å². The Bertz CT molecular complexity index is 627. The second-order valence-electron chi connectivity index (χ2n) is 5.88. The minimum Gasteiger partial charge on any atom is -0.511 e. The molecule has 2 N–H and O–H groups in total. The summed E-state index contributed by atoms with van der Waals surface area (Å²) in [6.07, 6.45) is 0.790. The molecule has 1 amide bonds. The number of nitrogens with zero attached hydrogens (tertiary/aromatic N) is 1. The van der Waals surface area contributed by atoms with Crippen LogP contribution in [-0.4, -0.2) is 22.5 Å². The van der Waals surface area contributed by atoms with Gasteiger partial charge in [0.2, 0.25) is 0 Å². The summed E-state index contributed by atoms with van der Waals surface area (Å²) in [4.78, 5) is 24.5. The maximum absolute atomic E-state index is 12.1. The van der Waals surface area contributed by atoms with Crippen LogP contribution in [0.15, 0.2) is 33.9 Å². The molecule has 1 aliphatic carbocycles. The number of carbonyl (C=O) groups excluding carboxylic acids is 2. The smallest absolute Gasteiger partial charge is 0.281 e. The van der Waals surface area contributed by atoms with Gasteiger partial charge in [-0.05, 0) is 23.8 Å². The molecule has 0 bridgehead atoms. The molecule has 1 aromatic rings. The third-order valence-corrected chi connectivity index (χ3v) is 4.15. The van der Waals surface area contributed by atoms with Crippen molar-refractivity contribution in [2.75, 3.05) is 0 Å². The fraction of sp³-hybridized carbons (Fsp3) is 0.400. The van der Waals surface area contributed by atoms with Crippen molar-refractivity contribution in [3.8, 4) is 0 Å². The lowest BCUT2D eigenvalue weighted by molar-refractivity contribution is -0.117. The number of hydrogen-bond donors (Lipinski definition) is 2. The van der Waals surface area contributed by atoms with Gasteiger partial charge in [-0.3, -0.25) is 9.59 Å². The quantitative estimate of drug-likeness (QED) is 0.665. The van der Waals surface area contributed by atoms with Gasteiger partial charge in [-0.1, -0.05) is 19.9 Å². The molecule has 5 nitrogen and oxygen atoms in total. The molecule has 0 unspecified atom stereocenters. The van der Waals surface area contributed by atoms with Gasteiger partial charge < -0.3 is 5.11 Å². The van der Waals surface area contributed by atoms with Crippen LogP contribution in [0, 0.1) is 5.41 Å². The Balaban J connectivity index is 2.15. The van der Waals surface area contributed by atoms with E-state index in [1.54, 1.807) is 24.4 Å². The molecule has 0 aliphatic heterocycles. The van der Waals surface area contributed by atoms with Gasteiger partial charge in [0.15, 0.2) is 5.78 Å². The minimum absolute atomic E-state index is 0.0443. The second kappa shape index (κ2) is 5.81. The van der Waals surface area contributed by atoms with E-state index in [9.17, 15) is 14.7 Å². The number of allylic oxidation sites excluding steroid dienone is 2. The van der Waals surface area contributed by atoms with E-state index in [1.165, 1.54) is 11.3 Å². The van der Waals surface area contributed by atoms with Crippen LogP contribution in [0.1, 0.15) is 43.3 Å². The van der Waals surface area contributed by atoms with Crippen LogP contribution >= 0.6 is 11.3 Å². The largest absolute Gasteiger partial charge is 0.511 e. The minimum atomic E-state index is -0.326. The summed E-state index contributed by atoms with van der Waals surface area (Å²) in [5.41, 5.74) is 2.72. The van der Waals surface area contributed by atoms with Crippen LogP contribution in [0.25, 0.3) is 0 Å². The summed E-state index contributed by atoms with van der Waals surface area (Å²) < 4.78 is 0. The molecule has 0 fully saturated rings. The maximum atomic E-state index is 12.1. The van der Waals surface area contributed by atoms with Gasteiger partial charge >= 0.3 is 0 Å². The summed E-state index contributed by atoms with van der Waals surface area (Å²) in [7, 11) is 0. The van der Waals surface area contributed by atoms with E-state index >= 15 is 0 Å². The Hall–Kier alpha value is -1.95. The van der Waals surface area contributed by atoms with Gasteiger partial charge in [-0.15, -0.1) is 11.3 Å². The van der Waals surface area contributed by atoms with E-state index in [-0.39, 0.29) is 28.4 Å². The predicted molar refractivity (Wildman–Crippen MR) is 82.6 cm³/mol. The van der Waals surface area contributed by atoms with E-state index < -0.39 is 0 Å². The fourth-order valence-corrected chi connectivity index (χ4v) is 2.97. The summed E-state index contributed by atoms with van der Waals surface area (Å²) in [5, 5.41) is 15.8. The topological polar surface area (TPSA) is 78.8 Å². The molecule has 0 atom stereocenters. The number of nitrogens with one attached hydrogen (secondary N) is 1. The fourth-order valence-electron chi connectivity index (χ4n) is 2.35. The molecule has 0 saturated carbocycles. The zero-order valence-corrected chi connectivity index (χ0v) is 13.1. The zero-order chi connectivity index (χ0) is 15.6. The molecule has 1 heterocycles. The number of Topliss-reactive ketones (excluding diaryl/α,β-unsaturated/α-hetero) is 1. The molecule has 0 aromatic carbocycles. The first-order valence-electron chi connectivity index (χ1n) is 6.64. The second-order valence-corrected chi connectivity index (χ2v) is 6.83. The van der Waals surface area contributed by atoms with Crippen molar-refractivity contribution in [3.63, 3.8) is 0 Å². The Labute approximate surface area is 127 Å². The predicted octanol–water partition coefficient (Wildman–Crippen LogP) is 3.06. The molecule has 0 saturated heterocycles. The lowest BCUT2D eigenvalue weighted by Gasteiger charge is -2.29. The van der Waals surface area contributed by atoms with Crippen molar-refractivity contribution in [2.45, 2.75) is 33.6 Å². The normalized spacial score (nSPS) is 18.8. The summed E-state index contributed by atoms with van der Waals surface area (Å²) >= 11 is 1.31. The SMILES string of the molecule is C/C(=N/NC(=O)c1cccs1)C1=C(O)CC(C)(C)CC1=O. The summed E-state index contributed by atoms with van der Waals surface area (Å²) in [6, 6.07) is 3.47. The average Bonchev–Trinajstić information content (AvgIpc) is 2.87. The number of hydrogen-bond acceptors (Lipinski definition) is 5. The first kappa shape index (κ1) is 15.4. The number of hydrazone groups is 1. The Kier molecular flexibility index (Phi) is 4.27. The van der Waals surface area contributed by atoms with Crippen LogP contribution in [-0.2, 0) is 4.79 Å². The third-order valence-electron chi connectivity index (χ3n) is 3.28. The van der Waals surface area contributed by atoms with E-state index in [0.717, 1.165) is 0 Å². The van der Waals surface area contributed by atoms with E-state index in [4.69, 9.17) is 0 Å². The summed E-state index contributed by atoms with van der Waals surface area (Å²) in [5.74, 6) is -0.425. The van der Waals surface area contributed by atoms with Crippen molar-refractivity contribution >= 4 is 28.7 Å². The molecule has 1 aromatic heterocycles. The Morgan fingerprint density at radius 1 is 1.43 bits per heavy atom. The standard InChI is InChI=1S/C15H18N2O3S/c1-9(16-17-14(20)12-5-4-6-21-12)13-10(18)7-15(2,3)8-11(13)19/h4-6,18H,7-8H2,1-3H3,(H,17,20)/b16-9-. The number of amides is 1. The number of rotatable bonds is 3. The lowest BCUT2D eigenvalue weighted by atomic mass is 9.76. The van der Waals surface area contributed by atoms with Crippen molar-refractivity contribution in [1.82, 2.24) is 5.43 Å². The van der Waals surface area contributed by atoms with Gasteiger partial charge in [0.05, 0.1) is 16.2 Å². The highest BCUT2D eigenvalue weighted by atomic mass is 32.1. The van der Waals surface area contributed by atoms with Crippen LogP contribution in [0.5, 0.6) is 0 Å². The monoisotopic (exact) mass is 306 g/mol. The van der Waals surface area contributed by atoms with Crippen LogP contribution in [0.3, 0.4) is 0 Å². The van der Waals surface area contributed by atoms with Crippen molar-refractivity contribution in [1.29, 1.82) is 0 Å². The van der Waals surface area contributed by atoms with E-state index in [1.807, 2.05) is 13.8 Å². The highest BCUT2D eigenvalue weighted by molar-refractivity contribution is 7.12. The highest BCUT2D eigenvalue weighted by Crippen LogP contribution is 2.35.